The van der Waals surface area contributed by atoms with E-state index in [-0.39, 0.29) is 5.41 Å². The normalized spacial score (nSPS) is 20.2. The molecule has 0 radical (unpaired) electrons. The topological polar surface area (TPSA) is 26.0 Å². The predicted molar refractivity (Wildman–Crippen MR) is 69.9 cm³/mol. The van der Waals surface area contributed by atoms with Crippen molar-refractivity contribution in [3.63, 3.8) is 0 Å². The number of nitrogens with two attached hydrogens (primary N) is 1. The molecule has 1 atom stereocenters. The lowest BCUT2D eigenvalue weighted by atomic mass is 9.59. The van der Waals surface area contributed by atoms with Gasteiger partial charge in [-0.15, -0.1) is 0 Å². The van der Waals surface area contributed by atoms with Crippen molar-refractivity contribution >= 4 is 11.6 Å². The van der Waals surface area contributed by atoms with Gasteiger partial charge < -0.3 is 5.73 Å². The summed E-state index contributed by atoms with van der Waals surface area (Å²) in [5.41, 5.74) is 7.98. The summed E-state index contributed by atoms with van der Waals surface area (Å²) in [4.78, 5) is 0. The summed E-state index contributed by atoms with van der Waals surface area (Å²) in [5, 5.41) is 0.808. The second kappa shape index (κ2) is 4.77. The molecule has 0 spiro atoms. The fourth-order valence-electron chi connectivity index (χ4n) is 2.80. The second-order valence-electron chi connectivity index (χ2n) is 4.91. The van der Waals surface area contributed by atoms with E-state index < -0.39 is 0 Å². The van der Waals surface area contributed by atoms with Crippen LogP contribution in [0.1, 0.15) is 44.6 Å². The lowest BCUT2D eigenvalue weighted by Gasteiger charge is -2.47. The Bertz CT molecular complexity index is 340. The van der Waals surface area contributed by atoms with Crippen molar-refractivity contribution in [2.45, 2.75) is 50.5 Å². The lowest BCUT2D eigenvalue weighted by molar-refractivity contribution is 0.188. The third-order valence-electron chi connectivity index (χ3n) is 3.97. The van der Waals surface area contributed by atoms with Gasteiger partial charge in [0.15, 0.2) is 0 Å². The molecule has 2 N–H and O–H groups in total. The van der Waals surface area contributed by atoms with Gasteiger partial charge in [-0.25, -0.2) is 0 Å². The Balaban J connectivity index is 2.24. The van der Waals surface area contributed by atoms with E-state index in [1.165, 1.54) is 24.8 Å². The Morgan fingerprint density at radius 2 is 1.94 bits per heavy atom. The molecule has 88 valence electrons. The van der Waals surface area contributed by atoms with Gasteiger partial charge in [-0.3, -0.25) is 0 Å². The lowest BCUT2D eigenvalue weighted by Crippen LogP contribution is -2.50. The quantitative estimate of drug-likeness (QED) is 0.845. The van der Waals surface area contributed by atoms with Crippen LogP contribution in [0.5, 0.6) is 0 Å². The molecule has 1 aliphatic carbocycles. The first-order valence-electron chi connectivity index (χ1n) is 6.20. The Labute approximate surface area is 103 Å². The SMILES string of the molecule is CCCC(N)C1(c2ccc(Cl)cc2)CCC1. The van der Waals surface area contributed by atoms with Crippen LogP contribution in [0.15, 0.2) is 24.3 Å². The number of hydrogen-bond acceptors (Lipinski definition) is 1. The molecule has 2 rings (SSSR count). The van der Waals surface area contributed by atoms with E-state index in [4.69, 9.17) is 17.3 Å². The zero-order valence-corrected chi connectivity index (χ0v) is 10.6. The van der Waals surface area contributed by atoms with Gasteiger partial charge in [0.2, 0.25) is 0 Å². The Hall–Kier alpha value is -0.530. The molecular formula is C14H20ClN. The molecular weight excluding hydrogens is 218 g/mol. The maximum absolute atomic E-state index is 6.36. The van der Waals surface area contributed by atoms with Crippen LogP contribution in [-0.2, 0) is 5.41 Å². The zero-order valence-electron chi connectivity index (χ0n) is 9.88. The van der Waals surface area contributed by atoms with E-state index in [2.05, 4.69) is 19.1 Å². The summed E-state index contributed by atoms with van der Waals surface area (Å²) in [6.45, 7) is 2.20. The third kappa shape index (κ3) is 1.99. The van der Waals surface area contributed by atoms with Gasteiger partial charge in [-0.2, -0.15) is 0 Å². The van der Waals surface area contributed by atoms with Gasteiger partial charge in [-0.05, 0) is 37.0 Å². The zero-order chi connectivity index (χ0) is 11.6. The fraction of sp³-hybridized carbons (Fsp3) is 0.571. The molecule has 1 saturated carbocycles. The number of hydrogen-bond donors (Lipinski definition) is 1. The molecule has 1 aromatic rings. The number of benzene rings is 1. The summed E-state index contributed by atoms with van der Waals surface area (Å²) in [7, 11) is 0. The van der Waals surface area contributed by atoms with E-state index in [0.717, 1.165) is 17.9 Å². The van der Waals surface area contributed by atoms with Crippen molar-refractivity contribution in [1.29, 1.82) is 0 Å². The highest BCUT2D eigenvalue weighted by atomic mass is 35.5. The molecule has 16 heavy (non-hydrogen) atoms. The van der Waals surface area contributed by atoms with Gasteiger partial charge >= 0.3 is 0 Å². The van der Waals surface area contributed by atoms with E-state index in [1.807, 2.05) is 12.1 Å². The summed E-state index contributed by atoms with van der Waals surface area (Å²) in [6.07, 6.45) is 6.05. The molecule has 1 aromatic carbocycles. The smallest absolute Gasteiger partial charge is 0.0406 e. The van der Waals surface area contributed by atoms with Crippen LogP contribution in [-0.4, -0.2) is 6.04 Å². The Morgan fingerprint density at radius 3 is 2.38 bits per heavy atom. The highest BCUT2D eigenvalue weighted by Gasteiger charge is 2.43. The number of rotatable bonds is 4. The van der Waals surface area contributed by atoms with Crippen molar-refractivity contribution in [2.75, 3.05) is 0 Å². The van der Waals surface area contributed by atoms with Crippen LogP contribution in [0.4, 0.5) is 0 Å². The van der Waals surface area contributed by atoms with Crippen LogP contribution in [0, 0.1) is 0 Å². The Morgan fingerprint density at radius 1 is 1.31 bits per heavy atom. The summed E-state index contributed by atoms with van der Waals surface area (Å²) >= 11 is 5.93. The van der Waals surface area contributed by atoms with Gasteiger partial charge in [0.25, 0.3) is 0 Å². The standard InChI is InChI=1S/C14H20ClN/c1-2-4-13(16)14(9-3-10-14)11-5-7-12(15)8-6-11/h5-8,13H,2-4,9-10,16H2,1H3. The summed E-state index contributed by atoms with van der Waals surface area (Å²) in [6, 6.07) is 8.56. The van der Waals surface area contributed by atoms with Crippen LogP contribution < -0.4 is 5.73 Å². The van der Waals surface area contributed by atoms with Gasteiger partial charge in [0, 0.05) is 16.5 Å². The molecule has 0 bridgehead atoms. The highest BCUT2D eigenvalue weighted by Crippen LogP contribution is 2.47. The molecule has 0 aliphatic heterocycles. The molecule has 1 unspecified atom stereocenters. The predicted octanol–water partition coefficient (Wildman–Crippen LogP) is 3.89. The largest absolute Gasteiger partial charge is 0.327 e. The Kier molecular flexibility index (Phi) is 3.56. The molecule has 2 heteroatoms. The van der Waals surface area contributed by atoms with Gasteiger partial charge in [0.1, 0.15) is 0 Å². The minimum atomic E-state index is 0.237. The first-order valence-corrected chi connectivity index (χ1v) is 6.58. The van der Waals surface area contributed by atoms with Crippen LogP contribution in [0.25, 0.3) is 0 Å². The third-order valence-corrected chi connectivity index (χ3v) is 4.23. The minimum absolute atomic E-state index is 0.237. The molecule has 0 amide bonds. The molecule has 0 heterocycles. The fourth-order valence-corrected chi connectivity index (χ4v) is 2.93. The maximum atomic E-state index is 6.36. The van der Waals surface area contributed by atoms with E-state index in [0.29, 0.717) is 6.04 Å². The summed E-state index contributed by atoms with van der Waals surface area (Å²) < 4.78 is 0. The van der Waals surface area contributed by atoms with Crippen LogP contribution in [0.2, 0.25) is 5.02 Å². The molecule has 1 fully saturated rings. The summed E-state index contributed by atoms with van der Waals surface area (Å²) in [5.74, 6) is 0. The van der Waals surface area contributed by atoms with Crippen molar-refractivity contribution < 1.29 is 0 Å². The maximum Gasteiger partial charge on any atom is 0.0406 e. The van der Waals surface area contributed by atoms with Gasteiger partial charge in [0.05, 0.1) is 0 Å². The minimum Gasteiger partial charge on any atom is -0.327 e. The van der Waals surface area contributed by atoms with Gasteiger partial charge in [-0.1, -0.05) is 43.5 Å². The highest BCUT2D eigenvalue weighted by molar-refractivity contribution is 6.30. The number of halogens is 1. The first-order chi connectivity index (χ1) is 7.69. The van der Waals surface area contributed by atoms with Crippen molar-refractivity contribution in [2.24, 2.45) is 5.73 Å². The van der Waals surface area contributed by atoms with Crippen molar-refractivity contribution in [1.82, 2.24) is 0 Å². The van der Waals surface area contributed by atoms with Crippen molar-refractivity contribution in [3.05, 3.63) is 34.9 Å². The average molecular weight is 238 g/mol. The molecule has 0 aromatic heterocycles. The first kappa shape index (κ1) is 11.9. The van der Waals surface area contributed by atoms with E-state index in [1.54, 1.807) is 0 Å². The average Bonchev–Trinajstić information content (AvgIpc) is 2.19. The van der Waals surface area contributed by atoms with Crippen molar-refractivity contribution in [3.8, 4) is 0 Å². The molecule has 1 aliphatic rings. The molecule has 0 saturated heterocycles. The monoisotopic (exact) mass is 237 g/mol. The van der Waals surface area contributed by atoms with Crippen LogP contribution in [0.3, 0.4) is 0 Å². The van der Waals surface area contributed by atoms with Crippen LogP contribution >= 0.6 is 11.6 Å². The molecule has 1 nitrogen and oxygen atoms in total. The second-order valence-corrected chi connectivity index (χ2v) is 5.35. The van der Waals surface area contributed by atoms with E-state index >= 15 is 0 Å². The van der Waals surface area contributed by atoms with E-state index in [9.17, 15) is 0 Å².